The van der Waals surface area contributed by atoms with Crippen LogP contribution in [0.25, 0.3) is 0 Å². The van der Waals surface area contributed by atoms with E-state index in [0.29, 0.717) is 42.9 Å². The monoisotopic (exact) mass is 396 g/mol. The van der Waals surface area contributed by atoms with E-state index in [1.54, 1.807) is 29.2 Å². The molecule has 2 amide bonds. The smallest absolute Gasteiger partial charge is 0.313 e. The molecule has 1 aromatic rings. The van der Waals surface area contributed by atoms with Crippen LogP contribution in [0.1, 0.15) is 36.0 Å². The fraction of sp³-hybridized carbons (Fsp3) is 0.526. The highest BCUT2D eigenvalue weighted by molar-refractivity contribution is 6.30. The lowest BCUT2D eigenvalue weighted by Gasteiger charge is -2.39. The minimum Gasteiger partial charge on any atom is -0.481 e. The first kappa shape index (κ1) is 21.2. The summed E-state index contributed by atoms with van der Waals surface area (Å²) in [6, 6.07) is 6.56. The molecule has 0 radical (unpaired) electrons. The number of nitrogens with one attached hydrogen (secondary N) is 1. The first-order chi connectivity index (χ1) is 12.9. The Morgan fingerprint density at radius 2 is 2.00 bits per heavy atom. The summed E-state index contributed by atoms with van der Waals surface area (Å²) < 4.78 is 5.07. The van der Waals surface area contributed by atoms with Gasteiger partial charge in [0, 0.05) is 43.8 Å². The van der Waals surface area contributed by atoms with Crippen molar-refractivity contribution in [1.29, 1.82) is 0 Å². The second kappa shape index (κ2) is 9.71. The molecule has 7 nitrogen and oxygen atoms in total. The Morgan fingerprint density at radius 3 is 2.63 bits per heavy atom. The molecule has 1 aliphatic rings. The van der Waals surface area contributed by atoms with Gasteiger partial charge in [0.15, 0.2) is 0 Å². The number of methoxy groups -OCH3 is 1. The van der Waals surface area contributed by atoms with Crippen LogP contribution in [-0.4, -0.2) is 61.1 Å². The zero-order valence-electron chi connectivity index (χ0n) is 15.4. The summed E-state index contributed by atoms with van der Waals surface area (Å²) in [5.74, 6) is -1.25. The number of nitrogens with zero attached hydrogens (tertiary/aromatic N) is 1. The number of carboxylic acid groups (broad SMARTS) is 1. The number of carbonyl (C=O) groups is 3. The molecule has 148 valence electrons. The molecule has 0 aliphatic carbocycles. The zero-order valence-corrected chi connectivity index (χ0v) is 16.1. The first-order valence-electron chi connectivity index (χ1n) is 8.92. The molecule has 1 saturated heterocycles. The highest BCUT2D eigenvalue weighted by atomic mass is 35.5. The number of carboxylic acids is 1. The van der Waals surface area contributed by atoms with Crippen LogP contribution in [0.2, 0.25) is 5.02 Å². The van der Waals surface area contributed by atoms with Gasteiger partial charge in [0.1, 0.15) is 5.41 Å². The number of carbonyl (C=O) groups excluding carboxylic acids is 2. The van der Waals surface area contributed by atoms with Gasteiger partial charge in [0.05, 0.1) is 6.61 Å². The molecule has 1 heterocycles. The number of amides is 2. The average Bonchev–Trinajstić information content (AvgIpc) is 2.65. The fourth-order valence-corrected chi connectivity index (χ4v) is 3.40. The van der Waals surface area contributed by atoms with Crippen LogP contribution in [-0.2, 0) is 14.3 Å². The van der Waals surface area contributed by atoms with Gasteiger partial charge in [-0.25, -0.2) is 0 Å². The summed E-state index contributed by atoms with van der Waals surface area (Å²) in [4.78, 5) is 37.7. The minimum atomic E-state index is -1.04. The van der Waals surface area contributed by atoms with Crippen LogP contribution in [0.4, 0.5) is 0 Å². The van der Waals surface area contributed by atoms with E-state index in [1.165, 1.54) is 7.11 Å². The molecule has 0 bridgehead atoms. The maximum Gasteiger partial charge on any atom is 0.313 e. The third kappa shape index (κ3) is 5.68. The molecule has 27 heavy (non-hydrogen) atoms. The van der Waals surface area contributed by atoms with Crippen molar-refractivity contribution >= 4 is 29.4 Å². The highest BCUT2D eigenvalue weighted by Gasteiger charge is 2.43. The Kier molecular flexibility index (Phi) is 7.62. The predicted molar refractivity (Wildman–Crippen MR) is 101 cm³/mol. The number of hydrogen-bond donors (Lipinski definition) is 2. The molecular weight excluding hydrogens is 372 g/mol. The molecule has 0 saturated carbocycles. The molecule has 1 atom stereocenters. The molecule has 2 rings (SSSR count). The van der Waals surface area contributed by atoms with E-state index in [9.17, 15) is 19.5 Å². The van der Waals surface area contributed by atoms with Crippen LogP contribution in [0.3, 0.4) is 0 Å². The lowest BCUT2D eigenvalue weighted by molar-refractivity contribution is -0.159. The number of piperidine rings is 1. The highest BCUT2D eigenvalue weighted by Crippen LogP contribution is 2.31. The standard InChI is InChI=1S/C19H25ClN2O5/c1-27-13-19(18(25)26)9-3-11-22(12-19)16(23)4-2-10-21-17(24)14-5-7-15(20)8-6-14/h5-8H,2-4,9-13H2,1H3,(H,21,24)(H,25,26). The van der Waals surface area contributed by atoms with Crippen molar-refractivity contribution in [3.63, 3.8) is 0 Å². The largest absolute Gasteiger partial charge is 0.481 e. The number of benzene rings is 1. The molecule has 0 spiro atoms. The molecule has 2 N–H and O–H groups in total. The van der Waals surface area contributed by atoms with Crippen molar-refractivity contribution in [3.8, 4) is 0 Å². The Hall–Kier alpha value is -2.12. The van der Waals surface area contributed by atoms with E-state index in [1.807, 2.05) is 0 Å². The third-order valence-electron chi connectivity index (χ3n) is 4.76. The zero-order chi connectivity index (χ0) is 19.9. The summed E-state index contributed by atoms with van der Waals surface area (Å²) >= 11 is 5.79. The van der Waals surface area contributed by atoms with Crippen molar-refractivity contribution in [1.82, 2.24) is 10.2 Å². The van der Waals surface area contributed by atoms with Crippen LogP contribution < -0.4 is 5.32 Å². The summed E-state index contributed by atoms with van der Waals surface area (Å²) in [5.41, 5.74) is -0.529. The van der Waals surface area contributed by atoms with E-state index in [4.69, 9.17) is 16.3 Å². The van der Waals surface area contributed by atoms with Gasteiger partial charge in [-0.1, -0.05) is 11.6 Å². The minimum absolute atomic E-state index is 0.0866. The average molecular weight is 397 g/mol. The Labute approximate surface area is 163 Å². The van der Waals surface area contributed by atoms with Crippen LogP contribution in [0.5, 0.6) is 0 Å². The lowest BCUT2D eigenvalue weighted by Crippen LogP contribution is -2.52. The second-order valence-corrected chi connectivity index (χ2v) is 7.24. The summed E-state index contributed by atoms with van der Waals surface area (Å²) in [5, 5.41) is 12.9. The van der Waals surface area contributed by atoms with E-state index in [2.05, 4.69) is 5.32 Å². The van der Waals surface area contributed by atoms with E-state index < -0.39 is 11.4 Å². The van der Waals surface area contributed by atoms with E-state index >= 15 is 0 Å². The lowest BCUT2D eigenvalue weighted by atomic mass is 9.80. The molecule has 0 aromatic heterocycles. The molecule has 1 aromatic carbocycles. The summed E-state index contributed by atoms with van der Waals surface area (Å²) in [6.45, 7) is 1.16. The van der Waals surface area contributed by atoms with Crippen LogP contribution >= 0.6 is 11.6 Å². The molecular formula is C19H25ClN2O5. The van der Waals surface area contributed by atoms with E-state index in [-0.39, 0.29) is 31.4 Å². The predicted octanol–water partition coefficient (Wildman–Crippen LogP) is 2.19. The number of ether oxygens (including phenoxy) is 1. The molecule has 1 unspecified atom stereocenters. The number of hydrogen-bond acceptors (Lipinski definition) is 4. The van der Waals surface area contributed by atoms with Crippen molar-refractivity contribution in [3.05, 3.63) is 34.9 Å². The number of likely N-dealkylation sites (tertiary alicyclic amines) is 1. The quantitative estimate of drug-likeness (QED) is 0.656. The van der Waals surface area contributed by atoms with Gasteiger partial charge in [-0.15, -0.1) is 0 Å². The maximum absolute atomic E-state index is 12.4. The van der Waals surface area contributed by atoms with Crippen LogP contribution in [0, 0.1) is 5.41 Å². The van der Waals surface area contributed by atoms with Gasteiger partial charge < -0.3 is 20.1 Å². The van der Waals surface area contributed by atoms with Gasteiger partial charge in [-0.3, -0.25) is 14.4 Å². The Bertz CT molecular complexity index is 675. The van der Waals surface area contributed by atoms with Gasteiger partial charge in [0.25, 0.3) is 5.91 Å². The molecule has 1 fully saturated rings. The van der Waals surface area contributed by atoms with Crippen LogP contribution in [0.15, 0.2) is 24.3 Å². The van der Waals surface area contributed by atoms with Gasteiger partial charge >= 0.3 is 5.97 Å². The Morgan fingerprint density at radius 1 is 1.30 bits per heavy atom. The number of halogens is 1. The van der Waals surface area contributed by atoms with Gasteiger partial charge in [-0.2, -0.15) is 0 Å². The SMILES string of the molecule is COCC1(C(=O)O)CCCN(C(=O)CCCNC(=O)c2ccc(Cl)cc2)C1. The number of aliphatic carboxylic acids is 1. The van der Waals surface area contributed by atoms with Gasteiger partial charge in [-0.05, 0) is 43.5 Å². The topological polar surface area (TPSA) is 95.9 Å². The normalized spacial score (nSPS) is 19.6. The van der Waals surface area contributed by atoms with Crippen molar-refractivity contribution in [2.24, 2.45) is 5.41 Å². The molecule has 8 heteroatoms. The van der Waals surface area contributed by atoms with Crippen molar-refractivity contribution in [2.75, 3.05) is 33.4 Å². The van der Waals surface area contributed by atoms with Crippen molar-refractivity contribution in [2.45, 2.75) is 25.7 Å². The Balaban J connectivity index is 1.79. The summed E-state index contributed by atoms with van der Waals surface area (Å²) in [7, 11) is 1.47. The number of rotatable bonds is 8. The third-order valence-corrected chi connectivity index (χ3v) is 5.02. The second-order valence-electron chi connectivity index (χ2n) is 6.80. The van der Waals surface area contributed by atoms with Gasteiger partial charge in [0.2, 0.25) is 5.91 Å². The molecule has 1 aliphatic heterocycles. The van der Waals surface area contributed by atoms with Crippen molar-refractivity contribution < 1.29 is 24.2 Å². The van der Waals surface area contributed by atoms with E-state index in [0.717, 1.165) is 0 Å². The maximum atomic E-state index is 12.4. The first-order valence-corrected chi connectivity index (χ1v) is 9.30. The summed E-state index contributed by atoms with van der Waals surface area (Å²) in [6.07, 6.45) is 1.87. The fourth-order valence-electron chi connectivity index (χ4n) is 3.28.